The Bertz CT molecular complexity index is 700. The highest BCUT2D eigenvalue weighted by Crippen LogP contribution is 2.09. The maximum atomic E-state index is 11.7. The molecule has 6 heteroatoms. The summed E-state index contributed by atoms with van der Waals surface area (Å²) in [7, 11) is 0. The van der Waals surface area contributed by atoms with Gasteiger partial charge in [0.25, 0.3) is 0 Å². The lowest BCUT2D eigenvalue weighted by Crippen LogP contribution is -2.31. The smallest absolute Gasteiger partial charge is 0.250 e. The molecule has 2 aromatic rings. The van der Waals surface area contributed by atoms with Gasteiger partial charge in [0, 0.05) is 17.3 Å². The predicted molar refractivity (Wildman–Crippen MR) is 98.8 cm³/mol. The topological polar surface area (TPSA) is 67.4 Å². The highest BCUT2D eigenvalue weighted by molar-refractivity contribution is 6.30. The Kier molecular flexibility index (Phi) is 7.44. The molecule has 5 nitrogen and oxygen atoms in total. The monoisotopic (exact) mass is 360 g/mol. The van der Waals surface area contributed by atoms with Gasteiger partial charge in [0.15, 0.2) is 0 Å². The number of carbonyl (C=O) groups excluding carboxylic acids is 2. The molecular weight excluding hydrogens is 340 g/mol. The fraction of sp³-hybridized carbons (Fsp3) is 0.263. The first-order valence-corrected chi connectivity index (χ1v) is 8.36. The van der Waals surface area contributed by atoms with Crippen LogP contribution in [0.15, 0.2) is 48.5 Å². The Morgan fingerprint density at radius 2 is 1.60 bits per heavy atom. The molecule has 2 N–H and O–H groups in total. The zero-order valence-electron chi connectivity index (χ0n) is 14.0. The van der Waals surface area contributed by atoms with Crippen LogP contribution in [0.2, 0.25) is 5.02 Å². The van der Waals surface area contributed by atoms with Gasteiger partial charge in [-0.05, 0) is 43.2 Å². The molecule has 2 amide bonds. The number of hydrogen-bond donors (Lipinski definition) is 2. The predicted octanol–water partition coefficient (Wildman–Crippen LogP) is 2.96. The van der Waals surface area contributed by atoms with Crippen molar-refractivity contribution in [1.82, 2.24) is 5.32 Å². The minimum atomic E-state index is -0.294. The summed E-state index contributed by atoms with van der Waals surface area (Å²) < 4.78 is 5.13. The van der Waals surface area contributed by atoms with E-state index in [-0.39, 0.29) is 25.0 Å². The van der Waals surface area contributed by atoms with Gasteiger partial charge in [-0.2, -0.15) is 0 Å². The zero-order valence-corrected chi connectivity index (χ0v) is 14.8. The van der Waals surface area contributed by atoms with E-state index in [1.807, 2.05) is 55.5 Å². The molecule has 25 heavy (non-hydrogen) atoms. The molecule has 0 fully saturated rings. The van der Waals surface area contributed by atoms with Crippen LogP contribution in [0.4, 0.5) is 5.69 Å². The van der Waals surface area contributed by atoms with E-state index in [1.165, 1.54) is 0 Å². The Hall–Kier alpha value is -2.37. The lowest BCUT2D eigenvalue weighted by Gasteiger charge is -2.08. The second kappa shape index (κ2) is 9.81. The summed E-state index contributed by atoms with van der Waals surface area (Å²) in [6.45, 7) is 2.15. The van der Waals surface area contributed by atoms with Crippen molar-refractivity contribution < 1.29 is 14.3 Å². The van der Waals surface area contributed by atoms with E-state index in [4.69, 9.17) is 16.3 Å². The maximum Gasteiger partial charge on any atom is 0.250 e. The number of carbonyl (C=O) groups is 2. The van der Waals surface area contributed by atoms with Gasteiger partial charge in [-0.25, -0.2) is 0 Å². The third-order valence-electron chi connectivity index (χ3n) is 3.45. The second-order valence-corrected chi connectivity index (χ2v) is 6.07. The van der Waals surface area contributed by atoms with Crippen LogP contribution in [0.5, 0.6) is 0 Å². The maximum absolute atomic E-state index is 11.7. The molecule has 0 spiro atoms. The van der Waals surface area contributed by atoms with Crippen LogP contribution in [-0.4, -0.2) is 31.6 Å². The van der Waals surface area contributed by atoms with Crippen LogP contribution in [0.1, 0.15) is 11.1 Å². The zero-order chi connectivity index (χ0) is 18.1. The number of amides is 2. The first-order chi connectivity index (χ1) is 12.0. The normalized spacial score (nSPS) is 10.3. The number of aryl methyl sites for hydroxylation is 1. The summed E-state index contributed by atoms with van der Waals surface area (Å²) in [5.41, 5.74) is 2.90. The van der Waals surface area contributed by atoms with Crippen molar-refractivity contribution in [3.05, 3.63) is 64.7 Å². The van der Waals surface area contributed by atoms with E-state index in [1.54, 1.807) is 0 Å². The number of hydrogen-bond acceptors (Lipinski definition) is 3. The Morgan fingerprint density at radius 1 is 0.960 bits per heavy atom. The molecule has 0 aliphatic rings. The highest BCUT2D eigenvalue weighted by atomic mass is 35.5. The minimum absolute atomic E-state index is 0.151. The average Bonchev–Trinajstić information content (AvgIpc) is 2.59. The van der Waals surface area contributed by atoms with E-state index in [0.717, 1.165) is 11.1 Å². The van der Waals surface area contributed by atoms with Crippen molar-refractivity contribution >= 4 is 29.1 Å². The molecule has 0 saturated heterocycles. The standard InChI is InChI=1S/C19H21ClN2O3/c1-14-2-8-17(9-3-14)22-19(24)13-25-12-18(23)21-11-10-15-4-6-16(20)7-5-15/h2-9H,10-13H2,1H3,(H,21,23)(H,22,24). The molecule has 2 rings (SSSR count). The van der Waals surface area contributed by atoms with Gasteiger partial charge in [0.1, 0.15) is 13.2 Å². The van der Waals surface area contributed by atoms with Crippen LogP contribution in [-0.2, 0) is 20.7 Å². The summed E-state index contributed by atoms with van der Waals surface area (Å²) in [4.78, 5) is 23.4. The number of halogens is 1. The van der Waals surface area contributed by atoms with Crippen molar-refractivity contribution in [2.45, 2.75) is 13.3 Å². The molecule has 0 unspecified atom stereocenters. The number of anilines is 1. The molecule has 0 atom stereocenters. The summed E-state index contributed by atoms with van der Waals surface area (Å²) in [6.07, 6.45) is 0.705. The largest absolute Gasteiger partial charge is 0.362 e. The summed E-state index contributed by atoms with van der Waals surface area (Å²) in [6, 6.07) is 14.9. The lowest BCUT2D eigenvalue weighted by molar-refractivity contribution is -0.128. The van der Waals surface area contributed by atoms with Crippen molar-refractivity contribution in [1.29, 1.82) is 0 Å². The molecule has 0 heterocycles. The number of rotatable bonds is 8. The van der Waals surface area contributed by atoms with E-state index in [9.17, 15) is 9.59 Å². The molecular formula is C19H21ClN2O3. The third kappa shape index (κ3) is 7.37. The van der Waals surface area contributed by atoms with Crippen molar-refractivity contribution in [3.63, 3.8) is 0 Å². The van der Waals surface area contributed by atoms with Crippen molar-refractivity contribution in [2.75, 3.05) is 25.1 Å². The van der Waals surface area contributed by atoms with Crippen LogP contribution in [0.3, 0.4) is 0 Å². The van der Waals surface area contributed by atoms with Crippen molar-refractivity contribution in [2.24, 2.45) is 0 Å². The summed E-state index contributed by atoms with van der Waals surface area (Å²) >= 11 is 5.82. The fourth-order valence-electron chi connectivity index (χ4n) is 2.12. The van der Waals surface area contributed by atoms with Gasteiger partial charge in [-0.3, -0.25) is 9.59 Å². The first kappa shape index (κ1) is 19.0. The molecule has 0 radical (unpaired) electrons. The molecule has 0 aliphatic heterocycles. The van der Waals surface area contributed by atoms with E-state index in [0.29, 0.717) is 23.7 Å². The van der Waals surface area contributed by atoms with Crippen LogP contribution in [0, 0.1) is 6.92 Å². The fourth-order valence-corrected chi connectivity index (χ4v) is 2.24. The second-order valence-electron chi connectivity index (χ2n) is 5.63. The van der Waals surface area contributed by atoms with Gasteiger partial charge < -0.3 is 15.4 Å². The quantitative estimate of drug-likeness (QED) is 0.760. The molecule has 2 aromatic carbocycles. The average molecular weight is 361 g/mol. The molecule has 0 bridgehead atoms. The Balaban J connectivity index is 1.59. The molecule has 0 saturated carbocycles. The Labute approximate surface area is 152 Å². The SMILES string of the molecule is Cc1ccc(NC(=O)COCC(=O)NCCc2ccc(Cl)cc2)cc1. The van der Waals surface area contributed by atoms with E-state index < -0.39 is 0 Å². The molecule has 0 aromatic heterocycles. The van der Waals surface area contributed by atoms with Gasteiger partial charge in [0.05, 0.1) is 0 Å². The van der Waals surface area contributed by atoms with Gasteiger partial charge in [-0.15, -0.1) is 0 Å². The minimum Gasteiger partial charge on any atom is -0.362 e. The first-order valence-electron chi connectivity index (χ1n) is 7.98. The van der Waals surface area contributed by atoms with Gasteiger partial charge >= 0.3 is 0 Å². The van der Waals surface area contributed by atoms with Crippen LogP contribution < -0.4 is 10.6 Å². The van der Waals surface area contributed by atoms with E-state index in [2.05, 4.69) is 10.6 Å². The number of benzene rings is 2. The third-order valence-corrected chi connectivity index (χ3v) is 3.70. The summed E-state index contributed by atoms with van der Waals surface area (Å²) in [5.74, 6) is -0.546. The molecule has 132 valence electrons. The van der Waals surface area contributed by atoms with Crippen molar-refractivity contribution in [3.8, 4) is 0 Å². The molecule has 0 aliphatic carbocycles. The summed E-state index contributed by atoms with van der Waals surface area (Å²) in [5, 5.41) is 6.14. The van der Waals surface area contributed by atoms with E-state index >= 15 is 0 Å². The number of ether oxygens (including phenoxy) is 1. The Morgan fingerprint density at radius 3 is 2.28 bits per heavy atom. The van der Waals surface area contributed by atoms with Gasteiger partial charge in [-0.1, -0.05) is 41.4 Å². The number of nitrogens with one attached hydrogen (secondary N) is 2. The van der Waals surface area contributed by atoms with Crippen LogP contribution >= 0.6 is 11.6 Å². The highest BCUT2D eigenvalue weighted by Gasteiger charge is 2.06. The lowest BCUT2D eigenvalue weighted by atomic mass is 10.1. The van der Waals surface area contributed by atoms with Gasteiger partial charge in [0.2, 0.25) is 11.8 Å². The van der Waals surface area contributed by atoms with Crippen LogP contribution in [0.25, 0.3) is 0 Å².